The lowest BCUT2D eigenvalue weighted by Crippen LogP contribution is -2.00. The first-order chi connectivity index (χ1) is 8.13. The van der Waals surface area contributed by atoms with Gasteiger partial charge in [-0.3, -0.25) is 0 Å². The monoisotopic (exact) mass is 292 g/mol. The van der Waals surface area contributed by atoms with Crippen LogP contribution in [0.5, 0.6) is 0 Å². The number of nitrogens with zero attached hydrogens (tertiary/aromatic N) is 2. The van der Waals surface area contributed by atoms with Crippen molar-refractivity contribution < 1.29 is 0 Å². The van der Waals surface area contributed by atoms with Crippen LogP contribution in [0.15, 0.2) is 35.1 Å². The standard InChI is InChI=1S/C14H17BrN2/c1-4-14-16-7-8-17(14)13-6-5-11(10(2)3)9-12(13)15/h5-10H,4H2,1-3H3. The zero-order valence-electron chi connectivity index (χ0n) is 10.4. The maximum atomic E-state index is 4.35. The molecule has 0 N–H and O–H groups in total. The molecule has 1 heterocycles. The molecule has 0 bridgehead atoms. The summed E-state index contributed by atoms with van der Waals surface area (Å²) in [5.41, 5.74) is 2.50. The molecule has 0 aliphatic heterocycles. The molecule has 0 amide bonds. The molecule has 0 saturated carbocycles. The zero-order valence-corrected chi connectivity index (χ0v) is 12.0. The van der Waals surface area contributed by atoms with Crippen molar-refractivity contribution >= 4 is 15.9 Å². The second-order valence-corrected chi connectivity index (χ2v) is 5.29. The highest BCUT2D eigenvalue weighted by Gasteiger charge is 2.08. The van der Waals surface area contributed by atoms with E-state index in [0.717, 1.165) is 22.4 Å². The maximum Gasteiger partial charge on any atom is 0.112 e. The van der Waals surface area contributed by atoms with E-state index in [0.29, 0.717) is 5.92 Å². The normalized spacial score (nSPS) is 11.1. The third-order valence-corrected chi connectivity index (χ3v) is 3.57. The van der Waals surface area contributed by atoms with Crippen LogP contribution in [0.1, 0.15) is 38.1 Å². The van der Waals surface area contributed by atoms with Gasteiger partial charge in [0.1, 0.15) is 5.82 Å². The molecule has 17 heavy (non-hydrogen) atoms. The first-order valence-electron chi connectivity index (χ1n) is 5.95. The van der Waals surface area contributed by atoms with Crippen molar-refractivity contribution in [2.24, 2.45) is 0 Å². The Morgan fingerprint density at radius 3 is 2.71 bits per heavy atom. The van der Waals surface area contributed by atoms with Crippen LogP contribution in [0.3, 0.4) is 0 Å². The van der Waals surface area contributed by atoms with Crippen molar-refractivity contribution in [3.8, 4) is 5.69 Å². The highest BCUT2D eigenvalue weighted by Crippen LogP contribution is 2.26. The third-order valence-electron chi connectivity index (χ3n) is 2.93. The second kappa shape index (κ2) is 5.05. The van der Waals surface area contributed by atoms with E-state index < -0.39 is 0 Å². The highest BCUT2D eigenvalue weighted by molar-refractivity contribution is 9.10. The van der Waals surface area contributed by atoms with Crippen LogP contribution in [0.2, 0.25) is 0 Å². The van der Waals surface area contributed by atoms with Crippen LogP contribution in [0, 0.1) is 0 Å². The van der Waals surface area contributed by atoms with Gasteiger partial charge in [0.05, 0.1) is 5.69 Å². The summed E-state index contributed by atoms with van der Waals surface area (Å²) in [6.45, 7) is 6.53. The summed E-state index contributed by atoms with van der Waals surface area (Å²) in [6.07, 6.45) is 4.79. The minimum Gasteiger partial charge on any atom is -0.303 e. The van der Waals surface area contributed by atoms with E-state index in [9.17, 15) is 0 Å². The van der Waals surface area contributed by atoms with Crippen molar-refractivity contribution in [3.63, 3.8) is 0 Å². The minimum atomic E-state index is 0.550. The summed E-state index contributed by atoms with van der Waals surface area (Å²) in [7, 11) is 0. The maximum absolute atomic E-state index is 4.35. The molecular weight excluding hydrogens is 276 g/mol. The van der Waals surface area contributed by atoms with Crippen LogP contribution in [-0.4, -0.2) is 9.55 Å². The van der Waals surface area contributed by atoms with Gasteiger partial charge in [-0.05, 0) is 39.5 Å². The van der Waals surface area contributed by atoms with Crippen molar-refractivity contribution in [2.75, 3.05) is 0 Å². The molecule has 0 fully saturated rings. The lowest BCUT2D eigenvalue weighted by atomic mass is 10.0. The van der Waals surface area contributed by atoms with Crippen LogP contribution in [-0.2, 0) is 6.42 Å². The Morgan fingerprint density at radius 1 is 1.35 bits per heavy atom. The van der Waals surface area contributed by atoms with Gasteiger partial charge in [-0.1, -0.05) is 26.8 Å². The van der Waals surface area contributed by atoms with E-state index in [2.05, 4.69) is 64.5 Å². The van der Waals surface area contributed by atoms with E-state index in [1.165, 1.54) is 5.56 Å². The smallest absolute Gasteiger partial charge is 0.112 e. The van der Waals surface area contributed by atoms with Crippen molar-refractivity contribution in [2.45, 2.75) is 33.1 Å². The van der Waals surface area contributed by atoms with E-state index in [1.807, 2.05) is 12.4 Å². The Bertz CT molecular complexity index is 515. The number of aryl methyl sites for hydroxylation is 1. The number of hydrogen-bond acceptors (Lipinski definition) is 1. The zero-order chi connectivity index (χ0) is 12.4. The van der Waals surface area contributed by atoms with Crippen LogP contribution in [0.25, 0.3) is 5.69 Å². The molecule has 0 radical (unpaired) electrons. The number of benzene rings is 1. The van der Waals surface area contributed by atoms with Gasteiger partial charge in [0.25, 0.3) is 0 Å². The fourth-order valence-corrected chi connectivity index (χ4v) is 2.48. The topological polar surface area (TPSA) is 17.8 Å². The number of hydrogen-bond donors (Lipinski definition) is 0. The van der Waals surface area contributed by atoms with Gasteiger partial charge in [0.2, 0.25) is 0 Å². The number of rotatable bonds is 3. The molecule has 0 saturated heterocycles. The third kappa shape index (κ3) is 2.44. The molecule has 0 aliphatic carbocycles. The summed E-state index contributed by atoms with van der Waals surface area (Å²) in [5, 5.41) is 0. The molecule has 0 spiro atoms. The fourth-order valence-electron chi connectivity index (χ4n) is 1.89. The van der Waals surface area contributed by atoms with Crippen LogP contribution >= 0.6 is 15.9 Å². The molecule has 2 nitrogen and oxygen atoms in total. The largest absolute Gasteiger partial charge is 0.303 e. The Morgan fingerprint density at radius 2 is 2.12 bits per heavy atom. The van der Waals surface area contributed by atoms with Crippen LogP contribution < -0.4 is 0 Å². The first-order valence-corrected chi connectivity index (χ1v) is 6.74. The van der Waals surface area contributed by atoms with Crippen molar-refractivity contribution in [1.29, 1.82) is 0 Å². The average molecular weight is 293 g/mol. The summed E-state index contributed by atoms with van der Waals surface area (Å²) in [6, 6.07) is 6.53. The van der Waals surface area contributed by atoms with Gasteiger partial charge >= 0.3 is 0 Å². The summed E-state index contributed by atoms with van der Waals surface area (Å²) >= 11 is 3.65. The number of halogens is 1. The summed E-state index contributed by atoms with van der Waals surface area (Å²) in [5.74, 6) is 1.64. The van der Waals surface area contributed by atoms with Gasteiger partial charge in [-0.25, -0.2) is 4.98 Å². The molecular formula is C14H17BrN2. The Hall–Kier alpha value is -1.09. The second-order valence-electron chi connectivity index (χ2n) is 4.43. The number of aromatic nitrogens is 2. The van der Waals surface area contributed by atoms with E-state index in [-0.39, 0.29) is 0 Å². The molecule has 0 unspecified atom stereocenters. The predicted octanol–water partition coefficient (Wildman–Crippen LogP) is 4.32. The molecule has 2 aromatic rings. The van der Waals surface area contributed by atoms with Crippen molar-refractivity contribution in [1.82, 2.24) is 9.55 Å². The molecule has 1 aromatic carbocycles. The molecule has 2 rings (SSSR count). The Kier molecular flexibility index (Phi) is 3.67. The Balaban J connectivity index is 2.47. The van der Waals surface area contributed by atoms with E-state index >= 15 is 0 Å². The fraction of sp³-hybridized carbons (Fsp3) is 0.357. The van der Waals surface area contributed by atoms with Crippen LogP contribution in [0.4, 0.5) is 0 Å². The summed E-state index contributed by atoms with van der Waals surface area (Å²) in [4.78, 5) is 4.35. The quantitative estimate of drug-likeness (QED) is 0.824. The highest BCUT2D eigenvalue weighted by atomic mass is 79.9. The molecule has 90 valence electrons. The van der Waals surface area contributed by atoms with Gasteiger partial charge in [0, 0.05) is 23.3 Å². The lowest BCUT2D eigenvalue weighted by Gasteiger charge is -2.12. The number of imidazole rings is 1. The van der Waals surface area contributed by atoms with Gasteiger partial charge in [0.15, 0.2) is 0 Å². The molecule has 0 aliphatic rings. The van der Waals surface area contributed by atoms with Gasteiger partial charge < -0.3 is 4.57 Å². The SMILES string of the molecule is CCc1nccn1-c1ccc(C(C)C)cc1Br. The summed E-state index contributed by atoms with van der Waals surface area (Å²) < 4.78 is 3.25. The van der Waals surface area contributed by atoms with Gasteiger partial charge in [-0.2, -0.15) is 0 Å². The Labute approximate surface area is 111 Å². The van der Waals surface area contributed by atoms with E-state index in [4.69, 9.17) is 0 Å². The lowest BCUT2D eigenvalue weighted by molar-refractivity contribution is 0.857. The molecule has 1 aromatic heterocycles. The van der Waals surface area contributed by atoms with Gasteiger partial charge in [-0.15, -0.1) is 0 Å². The predicted molar refractivity (Wildman–Crippen MR) is 74.7 cm³/mol. The van der Waals surface area contributed by atoms with E-state index in [1.54, 1.807) is 0 Å². The first kappa shape index (κ1) is 12.4. The average Bonchev–Trinajstić information content (AvgIpc) is 2.76. The minimum absolute atomic E-state index is 0.550. The molecule has 3 heteroatoms. The molecule has 0 atom stereocenters. The van der Waals surface area contributed by atoms with Crippen molar-refractivity contribution in [3.05, 3.63) is 46.5 Å².